The molecule has 1 amide bonds. The summed E-state index contributed by atoms with van der Waals surface area (Å²) in [5.74, 6) is 0.127. The highest BCUT2D eigenvalue weighted by Crippen LogP contribution is 2.33. The summed E-state index contributed by atoms with van der Waals surface area (Å²) < 4.78 is 20.8. The van der Waals surface area contributed by atoms with Gasteiger partial charge < -0.3 is 10.5 Å². The number of nitrogens with zero attached hydrogens (tertiary/aromatic N) is 4. The van der Waals surface area contributed by atoms with Gasteiger partial charge in [-0.1, -0.05) is 6.07 Å². The van der Waals surface area contributed by atoms with Crippen LogP contribution in [0.15, 0.2) is 36.7 Å². The summed E-state index contributed by atoms with van der Waals surface area (Å²) in [5.41, 5.74) is 6.54. The molecular formula is C18H18FN5O2. The van der Waals surface area contributed by atoms with E-state index < -0.39 is 18.0 Å². The molecule has 0 radical (unpaired) electrons. The van der Waals surface area contributed by atoms with E-state index in [9.17, 15) is 9.18 Å². The first-order valence-electron chi connectivity index (χ1n) is 8.34. The second-order valence-electron chi connectivity index (χ2n) is 6.53. The normalized spacial score (nSPS) is 19.9. The summed E-state index contributed by atoms with van der Waals surface area (Å²) in [6.07, 6.45) is 3.98. The summed E-state index contributed by atoms with van der Waals surface area (Å²) in [6, 6.07) is 7.24. The Morgan fingerprint density at radius 2 is 2.27 bits per heavy atom. The van der Waals surface area contributed by atoms with Gasteiger partial charge in [0.1, 0.15) is 6.67 Å². The van der Waals surface area contributed by atoms with Gasteiger partial charge in [0.05, 0.1) is 41.5 Å². The predicted octanol–water partition coefficient (Wildman–Crippen LogP) is 1.47. The molecule has 3 aromatic rings. The summed E-state index contributed by atoms with van der Waals surface area (Å²) in [7, 11) is 0. The van der Waals surface area contributed by atoms with E-state index in [0.717, 1.165) is 10.9 Å². The van der Waals surface area contributed by atoms with Gasteiger partial charge in [-0.05, 0) is 24.6 Å². The number of carbonyl (C=O) groups excluding carboxylic acids is 1. The molecule has 4 heterocycles. The maximum absolute atomic E-state index is 13.7. The van der Waals surface area contributed by atoms with Crippen LogP contribution >= 0.6 is 0 Å². The van der Waals surface area contributed by atoms with E-state index in [1.54, 1.807) is 23.1 Å². The van der Waals surface area contributed by atoms with Crippen molar-refractivity contribution in [1.29, 1.82) is 0 Å². The van der Waals surface area contributed by atoms with Crippen LogP contribution in [0.1, 0.15) is 17.8 Å². The Labute approximate surface area is 149 Å². The summed E-state index contributed by atoms with van der Waals surface area (Å²) in [5, 5.41) is 5.19. The SMILES string of the molecule is NC(=O)Cc1cc2c(cn1)cnn2-c1cccc(C2(CF)CCOC2)n1. The van der Waals surface area contributed by atoms with Crippen molar-refractivity contribution < 1.29 is 13.9 Å². The summed E-state index contributed by atoms with van der Waals surface area (Å²) >= 11 is 0. The minimum absolute atomic E-state index is 0.0525. The third kappa shape index (κ3) is 2.82. The summed E-state index contributed by atoms with van der Waals surface area (Å²) in [4.78, 5) is 20.0. The number of fused-ring (bicyclic) bond motifs is 1. The number of nitrogens with two attached hydrogens (primary N) is 1. The molecule has 1 unspecified atom stereocenters. The van der Waals surface area contributed by atoms with Crippen molar-refractivity contribution in [3.8, 4) is 5.82 Å². The molecule has 0 aliphatic carbocycles. The van der Waals surface area contributed by atoms with Crippen LogP contribution in [0.3, 0.4) is 0 Å². The molecule has 0 bridgehead atoms. The molecule has 0 saturated carbocycles. The zero-order valence-electron chi connectivity index (χ0n) is 14.1. The zero-order chi connectivity index (χ0) is 18.1. The van der Waals surface area contributed by atoms with E-state index in [1.807, 2.05) is 18.2 Å². The second-order valence-corrected chi connectivity index (χ2v) is 6.53. The summed E-state index contributed by atoms with van der Waals surface area (Å²) in [6.45, 7) is 0.338. The molecule has 26 heavy (non-hydrogen) atoms. The van der Waals surface area contributed by atoms with Gasteiger partial charge in [0.25, 0.3) is 0 Å². The number of halogens is 1. The molecule has 1 aliphatic heterocycles. The van der Waals surface area contributed by atoms with Crippen molar-refractivity contribution in [1.82, 2.24) is 19.7 Å². The van der Waals surface area contributed by atoms with Crippen molar-refractivity contribution in [2.75, 3.05) is 19.9 Å². The Morgan fingerprint density at radius 3 is 3.00 bits per heavy atom. The number of pyridine rings is 2. The molecule has 1 saturated heterocycles. The largest absolute Gasteiger partial charge is 0.380 e. The van der Waals surface area contributed by atoms with Crippen molar-refractivity contribution >= 4 is 16.8 Å². The van der Waals surface area contributed by atoms with E-state index >= 15 is 0 Å². The molecule has 7 nitrogen and oxygen atoms in total. The van der Waals surface area contributed by atoms with Crippen molar-refractivity contribution in [2.45, 2.75) is 18.3 Å². The Balaban J connectivity index is 1.78. The van der Waals surface area contributed by atoms with Gasteiger partial charge >= 0.3 is 0 Å². The van der Waals surface area contributed by atoms with Crippen molar-refractivity contribution in [3.63, 3.8) is 0 Å². The van der Waals surface area contributed by atoms with Gasteiger partial charge in [0, 0.05) is 18.2 Å². The van der Waals surface area contributed by atoms with Gasteiger partial charge in [-0.25, -0.2) is 14.1 Å². The highest BCUT2D eigenvalue weighted by molar-refractivity contribution is 5.81. The molecule has 4 rings (SSSR count). The Hall–Kier alpha value is -2.87. The molecule has 0 spiro atoms. The first kappa shape index (κ1) is 16.6. The fraction of sp³-hybridized carbons (Fsp3) is 0.333. The molecule has 1 aliphatic rings. The molecule has 134 valence electrons. The maximum atomic E-state index is 13.7. The maximum Gasteiger partial charge on any atom is 0.223 e. The zero-order valence-corrected chi connectivity index (χ0v) is 14.1. The first-order chi connectivity index (χ1) is 12.6. The van der Waals surface area contributed by atoms with E-state index in [0.29, 0.717) is 36.8 Å². The van der Waals surface area contributed by atoms with Crippen LogP contribution < -0.4 is 5.73 Å². The minimum atomic E-state index is -0.697. The van der Waals surface area contributed by atoms with Gasteiger partial charge in [-0.2, -0.15) is 5.10 Å². The Bertz CT molecular complexity index is 965. The minimum Gasteiger partial charge on any atom is -0.380 e. The molecule has 8 heteroatoms. The number of hydrogen-bond donors (Lipinski definition) is 1. The number of alkyl halides is 1. The molecule has 3 aromatic heterocycles. The second kappa shape index (κ2) is 6.45. The topological polar surface area (TPSA) is 95.9 Å². The number of rotatable bonds is 5. The Kier molecular flexibility index (Phi) is 4.12. The lowest BCUT2D eigenvalue weighted by Crippen LogP contribution is -2.30. The number of hydrogen-bond acceptors (Lipinski definition) is 5. The van der Waals surface area contributed by atoms with Crippen LogP contribution in [0.25, 0.3) is 16.7 Å². The average Bonchev–Trinajstić information content (AvgIpc) is 3.29. The van der Waals surface area contributed by atoms with Crippen molar-refractivity contribution in [2.24, 2.45) is 5.73 Å². The van der Waals surface area contributed by atoms with Gasteiger partial charge in [-0.3, -0.25) is 9.78 Å². The van der Waals surface area contributed by atoms with Crippen LogP contribution in [0.5, 0.6) is 0 Å². The smallest absolute Gasteiger partial charge is 0.223 e. The highest BCUT2D eigenvalue weighted by atomic mass is 19.1. The fourth-order valence-corrected chi connectivity index (χ4v) is 3.24. The Morgan fingerprint density at radius 1 is 1.38 bits per heavy atom. The van der Waals surface area contributed by atoms with Gasteiger partial charge in [-0.15, -0.1) is 0 Å². The predicted molar refractivity (Wildman–Crippen MR) is 92.6 cm³/mol. The number of aromatic nitrogens is 4. The molecule has 0 aromatic carbocycles. The lowest BCUT2D eigenvalue weighted by molar-refractivity contribution is -0.117. The third-order valence-electron chi connectivity index (χ3n) is 4.72. The lowest BCUT2D eigenvalue weighted by Gasteiger charge is -2.23. The van der Waals surface area contributed by atoms with E-state index in [4.69, 9.17) is 10.5 Å². The van der Waals surface area contributed by atoms with E-state index in [-0.39, 0.29) is 6.42 Å². The standard InChI is InChI=1S/C18H18FN5O2/c19-10-18(4-5-26-11-18)15-2-1-3-17(23-15)24-14-6-13(7-16(20)25)21-8-12(14)9-22-24/h1-3,6,8-9H,4-5,7,10-11H2,(H2,20,25). The quantitative estimate of drug-likeness (QED) is 0.748. The lowest BCUT2D eigenvalue weighted by atomic mass is 9.85. The molecule has 1 fully saturated rings. The number of ether oxygens (including phenoxy) is 1. The van der Waals surface area contributed by atoms with Crippen LogP contribution in [-0.4, -0.2) is 45.5 Å². The van der Waals surface area contributed by atoms with Gasteiger partial charge in [0.2, 0.25) is 5.91 Å². The average molecular weight is 355 g/mol. The molecule has 1 atom stereocenters. The number of amides is 1. The van der Waals surface area contributed by atoms with E-state index in [1.165, 1.54) is 0 Å². The number of primary amides is 1. The van der Waals surface area contributed by atoms with Crippen LogP contribution in [0, 0.1) is 0 Å². The van der Waals surface area contributed by atoms with Gasteiger partial charge in [0.15, 0.2) is 5.82 Å². The van der Waals surface area contributed by atoms with Crippen LogP contribution in [0.4, 0.5) is 4.39 Å². The number of carbonyl (C=O) groups is 1. The highest BCUT2D eigenvalue weighted by Gasteiger charge is 2.38. The van der Waals surface area contributed by atoms with Crippen LogP contribution in [0.2, 0.25) is 0 Å². The first-order valence-corrected chi connectivity index (χ1v) is 8.34. The van der Waals surface area contributed by atoms with Crippen LogP contribution in [-0.2, 0) is 21.4 Å². The molecular weight excluding hydrogens is 337 g/mol. The molecule has 2 N–H and O–H groups in total. The fourth-order valence-electron chi connectivity index (χ4n) is 3.24. The monoisotopic (exact) mass is 355 g/mol. The van der Waals surface area contributed by atoms with Crippen molar-refractivity contribution in [3.05, 3.63) is 48.0 Å². The third-order valence-corrected chi connectivity index (χ3v) is 4.72. The van der Waals surface area contributed by atoms with E-state index in [2.05, 4.69) is 15.1 Å².